The second-order valence-electron chi connectivity index (χ2n) is 15.7. The lowest BCUT2D eigenvalue weighted by atomic mass is 10.1. The summed E-state index contributed by atoms with van der Waals surface area (Å²) < 4.78 is 16.6. The quantitative estimate of drug-likeness (QED) is 0.0200. The van der Waals surface area contributed by atoms with Gasteiger partial charge in [-0.25, -0.2) is 0 Å². The summed E-state index contributed by atoms with van der Waals surface area (Å²) in [5, 5.41) is 0. The van der Waals surface area contributed by atoms with Crippen molar-refractivity contribution in [2.24, 2.45) is 0 Å². The highest BCUT2D eigenvalue weighted by Crippen LogP contribution is 2.13. The fourth-order valence-electron chi connectivity index (χ4n) is 6.13. The van der Waals surface area contributed by atoms with E-state index in [0.717, 1.165) is 83.5 Å². The average molecular weight is 869 g/mol. The first-order valence-electron chi connectivity index (χ1n) is 24.8. The summed E-state index contributed by atoms with van der Waals surface area (Å²) in [7, 11) is 0. The van der Waals surface area contributed by atoms with Crippen molar-refractivity contribution in [1.29, 1.82) is 0 Å². The zero-order valence-electron chi connectivity index (χ0n) is 40.0. The minimum absolute atomic E-state index is 0.122. The fraction of sp³-hybridized carbons (Fsp3) is 0.561. The molecule has 0 aliphatic carbocycles. The van der Waals surface area contributed by atoms with E-state index in [0.29, 0.717) is 19.3 Å². The van der Waals surface area contributed by atoms with Gasteiger partial charge in [-0.1, -0.05) is 225 Å². The molecule has 0 aromatic rings. The lowest BCUT2D eigenvalue weighted by Gasteiger charge is -2.18. The van der Waals surface area contributed by atoms with E-state index in [9.17, 15) is 14.4 Å². The van der Waals surface area contributed by atoms with Gasteiger partial charge >= 0.3 is 17.9 Å². The predicted octanol–water partition coefficient (Wildman–Crippen LogP) is 16.3. The van der Waals surface area contributed by atoms with Crippen LogP contribution in [0, 0.1) is 0 Å². The van der Waals surface area contributed by atoms with Crippen molar-refractivity contribution in [1.82, 2.24) is 0 Å². The molecular formula is C57H88O6. The Kier molecular flexibility index (Phi) is 46.7. The molecule has 0 fully saturated rings. The van der Waals surface area contributed by atoms with Crippen LogP contribution in [0.3, 0.4) is 0 Å². The highest BCUT2D eigenvalue weighted by molar-refractivity contribution is 5.71. The molecule has 0 saturated carbocycles. The van der Waals surface area contributed by atoms with Crippen LogP contribution in [0.1, 0.15) is 188 Å². The molecule has 0 amide bonds. The maximum absolute atomic E-state index is 12.8. The summed E-state index contributed by atoms with van der Waals surface area (Å²) in [6.45, 7) is 6.24. The minimum Gasteiger partial charge on any atom is -0.462 e. The molecule has 0 aromatic heterocycles. The van der Waals surface area contributed by atoms with Gasteiger partial charge in [0.2, 0.25) is 0 Å². The number of carbonyl (C=O) groups excluding carboxylic acids is 3. The van der Waals surface area contributed by atoms with Crippen LogP contribution < -0.4 is 0 Å². The molecule has 0 aromatic carbocycles. The van der Waals surface area contributed by atoms with E-state index < -0.39 is 6.10 Å². The minimum atomic E-state index is -0.833. The molecule has 0 heterocycles. The van der Waals surface area contributed by atoms with Gasteiger partial charge in [-0.15, -0.1) is 0 Å². The van der Waals surface area contributed by atoms with E-state index in [-0.39, 0.29) is 44.0 Å². The lowest BCUT2D eigenvalue weighted by Crippen LogP contribution is -2.30. The Balaban J connectivity index is 4.59. The van der Waals surface area contributed by atoms with E-state index in [1.54, 1.807) is 0 Å². The molecule has 0 aliphatic heterocycles. The molecule has 6 nitrogen and oxygen atoms in total. The van der Waals surface area contributed by atoms with Crippen molar-refractivity contribution in [2.45, 2.75) is 194 Å². The van der Waals surface area contributed by atoms with Crippen LogP contribution in [0.15, 0.2) is 134 Å². The van der Waals surface area contributed by atoms with E-state index >= 15 is 0 Å². The Labute approximate surface area is 385 Å². The SMILES string of the molecule is CC\C=C/C=C\C=C/C=C\C=C/CCCCCC(=O)OC(COC(=O)CC/C=C\C/C=C\C/C=C\C/C=C\C/C=C\C/C=C\CC)COC(=O)CCCCCCCCCCCCC. The summed E-state index contributed by atoms with van der Waals surface area (Å²) in [6, 6.07) is 0. The summed E-state index contributed by atoms with van der Waals surface area (Å²) in [4.78, 5) is 37.9. The first-order chi connectivity index (χ1) is 31.0. The van der Waals surface area contributed by atoms with Gasteiger partial charge in [0.15, 0.2) is 6.10 Å². The fourth-order valence-corrected chi connectivity index (χ4v) is 6.13. The third-order valence-corrected chi connectivity index (χ3v) is 9.79. The average Bonchev–Trinajstić information content (AvgIpc) is 3.28. The molecule has 1 atom stereocenters. The van der Waals surface area contributed by atoms with Crippen molar-refractivity contribution in [2.75, 3.05) is 13.2 Å². The monoisotopic (exact) mass is 869 g/mol. The normalized spacial score (nSPS) is 13.3. The van der Waals surface area contributed by atoms with Crippen molar-refractivity contribution in [3.63, 3.8) is 0 Å². The van der Waals surface area contributed by atoms with E-state index in [1.807, 2.05) is 60.8 Å². The maximum atomic E-state index is 12.8. The van der Waals surface area contributed by atoms with Crippen molar-refractivity contribution in [3.8, 4) is 0 Å². The Hall–Kier alpha value is -4.45. The van der Waals surface area contributed by atoms with Gasteiger partial charge in [-0.05, 0) is 77.0 Å². The molecular weight excluding hydrogens is 781 g/mol. The number of rotatable bonds is 42. The van der Waals surface area contributed by atoms with Gasteiger partial charge in [-0.2, -0.15) is 0 Å². The second-order valence-corrected chi connectivity index (χ2v) is 15.7. The number of carbonyl (C=O) groups is 3. The molecule has 0 N–H and O–H groups in total. The summed E-state index contributed by atoms with van der Waals surface area (Å²) >= 11 is 0. The summed E-state index contributed by atoms with van der Waals surface area (Å²) in [5.74, 6) is -1.06. The van der Waals surface area contributed by atoms with Gasteiger partial charge in [0.25, 0.3) is 0 Å². The van der Waals surface area contributed by atoms with Crippen LogP contribution in [-0.4, -0.2) is 37.2 Å². The summed E-state index contributed by atoms with van der Waals surface area (Å²) in [6.07, 6.45) is 70.1. The highest BCUT2D eigenvalue weighted by Gasteiger charge is 2.19. The highest BCUT2D eigenvalue weighted by atomic mass is 16.6. The van der Waals surface area contributed by atoms with Gasteiger partial charge in [0.05, 0.1) is 0 Å². The van der Waals surface area contributed by atoms with E-state index in [1.165, 1.54) is 51.4 Å². The van der Waals surface area contributed by atoms with Crippen molar-refractivity contribution >= 4 is 17.9 Å². The molecule has 0 radical (unpaired) electrons. The molecule has 0 bridgehead atoms. The third-order valence-electron chi connectivity index (χ3n) is 9.79. The first-order valence-corrected chi connectivity index (χ1v) is 24.8. The lowest BCUT2D eigenvalue weighted by molar-refractivity contribution is -0.166. The number of hydrogen-bond acceptors (Lipinski definition) is 6. The number of unbranched alkanes of at least 4 members (excludes halogenated alkanes) is 13. The standard InChI is InChI=1S/C57H88O6/c1-4-7-10-13-16-19-22-24-26-27-28-29-31-32-35-38-41-44-47-50-56(59)62-53-54(52-61-55(58)49-46-43-40-37-34-21-18-15-12-9-6-3)63-57(60)51-48-45-42-39-36-33-30-25-23-20-17-14-11-8-5-2/h7-8,10-11,14,16-17,19-20,23-26,28-30,32-33,35-36,41,44,54H,4-6,9,12-13,15,18,21-22,27,31,34,37-40,42-43,45-53H2,1-3H3/b10-7-,11-8-,17-14-,19-16-,23-20-,26-24-,29-28-,30-25-,35-32-,36-33-,44-41-. The molecule has 0 spiro atoms. The number of hydrogen-bond donors (Lipinski definition) is 0. The first kappa shape index (κ1) is 58.6. The van der Waals surface area contributed by atoms with Crippen LogP contribution >= 0.6 is 0 Å². The number of esters is 3. The topological polar surface area (TPSA) is 78.9 Å². The Bertz CT molecular complexity index is 1420. The van der Waals surface area contributed by atoms with Crippen LogP contribution in [0.25, 0.3) is 0 Å². The third kappa shape index (κ3) is 48.4. The Morgan fingerprint density at radius 1 is 0.349 bits per heavy atom. The molecule has 1 unspecified atom stereocenters. The van der Waals surface area contributed by atoms with Crippen LogP contribution in [0.5, 0.6) is 0 Å². The van der Waals surface area contributed by atoms with Crippen molar-refractivity contribution in [3.05, 3.63) is 134 Å². The van der Waals surface area contributed by atoms with Gasteiger partial charge in [-0.3, -0.25) is 14.4 Å². The largest absolute Gasteiger partial charge is 0.462 e. The van der Waals surface area contributed by atoms with E-state index in [2.05, 4.69) is 93.7 Å². The predicted molar refractivity (Wildman–Crippen MR) is 269 cm³/mol. The number of allylic oxidation sites excluding steroid dienone is 22. The Morgan fingerprint density at radius 2 is 0.730 bits per heavy atom. The van der Waals surface area contributed by atoms with Gasteiger partial charge in [0, 0.05) is 19.3 Å². The van der Waals surface area contributed by atoms with E-state index in [4.69, 9.17) is 14.2 Å². The zero-order chi connectivity index (χ0) is 45.8. The molecule has 352 valence electrons. The van der Waals surface area contributed by atoms with Crippen LogP contribution in [0.4, 0.5) is 0 Å². The van der Waals surface area contributed by atoms with Crippen LogP contribution in [-0.2, 0) is 28.6 Å². The van der Waals surface area contributed by atoms with Gasteiger partial charge in [0.1, 0.15) is 13.2 Å². The molecule has 0 rings (SSSR count). The van der Waals surface area contributed by atoms with Crippen LogP contribution in [0.2, 0.25) is 0 Å². The smallest absolute Gasteiger partial charge is 0.306 e. The molecule has 0 aliphatic rings. The number of ether oxygens (including phenoxy) is 3. The Morgan fingerprint density at radius 3 is 1.22 bits per heavy atom. The molecule has 6 heteroatoms. The maximum Gasteiger partial charge on any atom is 0.306 e. The second kappa shape index (κ2) is 50.2. The zero-order valence-corrected chi connectivity index (χ0v) is 40.0. The summed E-state index contributed by atoms with van der Waals surface area (Å²) in [5.41, 5.74) is 0. The molecule has 63 heavy (non-hydrogen) atoms. The van der Waals surface area contributed by atoms with Crippen molar-refractivity contribution < 1.29 is 28.6 Å². The molecule has 0 saturated heterocycles. The van der Waals surface area contributed by atoms with Gasteiger partial charge < -0.3 is 14.2 Å².